The van der Waals surface area contributed by atoms with Gasteiger partial charge in [0.25, 0.3) is 0 Å². The molecule has 0 unspecified atom stereocenters. The van der Waals surface area contributed by atoms with Gasteiger partial charge in [-0.15, -0.1) is 0 Å². The Morgan fingerprint density at radius 2 is 1.85 bits per heavy atom. The van der Waals surface area contributed by atoms with Crippen LogP contribution in [0.5, 0.6) is 0 Å². The number of aryl methyl sites for hydroxylation is 1. The molecule has 1 aliphatic carbocycles. The molecular weight excluding hydrogens is 272 g/mol. The molecule has 1 fully saturated rings. The minimum absolute atomic E-state index is 0.0402. The molecule has 2 rings (SSSR count). The van der Waals surface area contributed by atoms with Gasteiger partial charge in [-0.2, -0.15) is 5.26 Å². The molecule has 1 aromatic rings. The van der Waals surface area contributed by atoms with Crippen molar-refractivity contribution in [3.05, 3.63) is 29.3 Å². The minimum atomic E-state index is -3.48. The Kier molecular flexibility index (Phi) is 4.79. The van der Waals surface area contributed by atoms with Gasteiger partial charge in [0.15, 0.2) is 0 Å². The molecule has 0 saturated heterocycles. The van der Waals surface area contributed by atoms with E-state index in [4.69, 9.17) is 5.26 Å². The average molecular weight is 292 g/mol. The van der Waals surface area contributed by atoms with E-state index in [1.54, 1.807) is 19.1 Å². The van der Waals surface area contributed by atoms with Crippen LogP contribution in [0.4, 0.5) is 0 Å². The van der Waals surface area contributed by atoms with Crippen LogP contribution in [0, 0.1) is 18.3 Å². The summed E-state index contributed by atoms with van der Waals surface area (Å²) in [7, 11) is -3.48. The Morgan fingerprint density at radius 3 is 2.40 bits per heavy atom. The molecule has 0 bridgehead atoms. The number of hydrogen-bond donors (Lipinski definition) is 1. The van der Waals surface area contributed by atoms with Gasteiger partial charge >= 0.3 is 0 Å². The van der Waals surface area contributed by atoms with Crippen LogP contribution < -0.4 is 4.72 Å². The normalized spacial score (nSPS) is 17.4. The van der Waals surface area contributed by atoms with Gasteiger partial charge < -0.3 is 0 Å². The van der Waals surface area contributed by atoms with Crippen LogP contribution in [-0.2, 0) is 10.0 Å². The largest absolute Gasteiger partial charge is 0.240 e. The molecule has 0 spiro atoms. The summed E-state index contributed by atoms with van der Waals surface area (Å²) in [5, 5.41) is 8.89. The predicted molar refractivity (Wildman–Crippen MR) is 77.7 cm³/mol. The first-order valence-electron chi connectivity index (χ1n) is 7.06. The zero-order valence-corrected chi connectivity index (χ0v) is 12.5. The van der Waals surface area contributed by atoms with Crippen LogP contribution in [0.3, 0.4) is 0 Å². The lowest BCUT2D eigenvalue weighted by molar-refractivity contribution is 0.510. The van der Waals surface area contributed by atoms with E-state index in [-0.39, 0.29) is 10.9 Å². The molecule has 0 aromatic heterocycles. The van der Waals surface area contributed by atoms with Gasteiger partial charge in [0.2, 0.25) is 10.0 Å². The zero-order valence-electron chi connectivity index (χ0n) is 11.7. The maximum absolute atomic E-state index is 12.4. The van der Waals surface area contributed by atoms with Crippen molar-refractivity contribution in [1.82, 2.24) is 4.72 Å². The smallest absolute Gasteiger partial charge is 0.208 e. The SMILES string of the molecule is Cc1cc(S(=O)(=O)NC2CCCCCC2)ccc1C#N. The highest BCUT2D eigenvalue weighted by Gasteiger charge is 2.21. The fourth-order valence-electron chi connectivity index (χ4n) is 2.61. The van der Waals surface area contributed by atoms with Gasteiger partial charge in [0.1, 0.15) is 0 Å². The van der Waals surface area contributed by atoms with Crippen molar-refractivity contribution in [2.45, 2.75) is 56.4 Å². The number of nitriles is 1. The lowest BCUT2D eigenvalue weighted by atomic mass is 10.1. The Balaban J connectivity index is 2.17. The number of sulfonamides is 1. The minimum Gasteiger partial charge on any atom is -0.208 e. The molecule has 0 heterocycles. The fourth-order valence-corrected chi connectivity index (χ4v) is 4.00. The quantitative estimate of drug-likeness (QED) is 0.871. The maximum atomic E-state index is 12.4. The molecule has 1 aliphatic rings. The Morgan fingerprint density at radius 1 is 1.20 bits per heavy atom. The highest BCUT2D eigenvalue weighted by atomic mass is 32.2. The number of nitrogens with one attached hydrogen (secondary N) is 1. The third-order valence-electron chi connectivity index (χ3n) is 3.81. The van der Waals surface area contributed by atoms with Crippen LogP contribution in [0.2, 0.25) is 0 Å². The van der Waals surface area contributed by atoms with E-state index in [1.165, 1.54) is 18.9 Å². The summed E-state index contributed by atoms with van der Waals surface area (Å²) < 4.78 is 27.5. The van der Waals surface area contributed by atoms with E-state index >= 15 is 0 Å². The molecule has 4 nitrogen and oxygen atoms in total. The number of nitrogens with zero attached hydrogens (tertiary/aromatic N) is 1. The number of hydrogen-bond acceptors (Lipinski definition) is 3. The maximum Gasteiger partial charge on any atom is 0.240 e. The molecule has 0 aliphatic heterocycles. The van der Waals surface area contributed by atoms with Crippen molar-refractivity contribution >= 4 is 10.0 Å². The second-order valence-corrected chi connectivity index (χ2v) is 7.11. The Hall–Kier alpha value is -1.38. The second-order valence-electron chi connectivity index (χ2n) is 5.40. The van der Waals surface area contributed by atoms with Crippen LogP contribution in [-0.4, -0.2) is 14.5 Å². The summed E-state index contributed by atoms with van der Waals surface area (Å²) in [6, 6.07) is 6.73. The van der Waals surface area contributed by atoms with E-state index in [0.29, 0.717) is 11.1 Å². The standard InChI is InChI=1S/C15H20N2O2S/c1-12-10-15(9-8-13(12)11-16)20(18,19)17-14-6-4-2-3-5-7-14/h8-10,14,17H,2-7H2,1H3. The van der Waals surface area contributed by atoms with Crippen molar-refractivity contribution in [2.24, 2.45) is 0 Å². The third kappa shape index (κ3) is 3.59. The third-order valence-corrected chi connectivity index (χ3v) is 5.32. The zero-order chi connectivity index (χ0) is 14.6. The first kappa shape index (κ1) is 15.0. The van der Waals surface area contributed by atoms with E-state index in [9.17, 15) is 8.42 Å². The Labute approximate surface area is 120 Å². The van der Waals surface area contributed by atoms with Crippen molar-refractivity contribution in [1.29, 1.82) is 5.26 Å². The van der Waals surface area contributed by atoms with Crippen molar-refractivity contribution in [3.8, 4) is 6.07 Å². The molecule has 1 saturated carbocycles. The van der Waals surface area contributed by atoms with Crippen molar-refractivity contribution in [3.63, 3.8) is 0 Å². The molecular formula is C15H20N2O2S. The highest BCUT2D eigenvalue weighted by molar-refractivity contribution is 7.89. The topological polar surface area (TPSA) is 70.0 Å². The van der Waals surface area contributed by atoms with Crippen molar-refractivity contribution in [2.75, 3.05) is 0 Å². The summed E-state index contributed by atoms with van der Waals surface area (Å²) in [6.07, 6.45) is 6.37. The molecule has 1 aromatic carbocycles. The summed E-state index contributed by atoms with van der Waals surface area (Å²) >= 11 is 0. The molecule has 0 atom stereocenters. The van der Waals surface area contributed by atoms with Gasteiger partial charge in [0, 0.05) is 6.04 Å². The van der Waals surface area contributed by atoms with E-state index in [1.807, 2.05) is 6.07 Å². The second kappa shape index (κ2) is 6.38. The molecule has 0 amide bonds. The van der Waals surface area contributed by atoms with Gasteiger partial charge in [-0.05, 0) is 43.5 Å². The first-order valence-corrected chi connectivity index (χ1v) is 8.54. The highest BCUT2D eigenvalue weighted by Crippen LogP contribution is 2.20. The number of benzene rings is 1. The molecule has 0 radical (unpaired) electrons. The molecule has 20 heavy (non-hydrogen) atoms. The molecule has 1 N–H and O–H groups in total. The monoisotopic (exact) mass is 292 g/mol. The van der Waals surface area contributed by atoms with Crippen LogP contribution >= 0.6 is 0 Å². The lowest BCUT2D eigenvalue weighted by Gasteiger charge is -2.16. The van der Waals surface area contributed by atoms with Crippen molar-refractivity contribution < 1.29 is 8.42 Å². The molecule has 5 heteroatoms. The fraction of sp³-hybridized carbons (Fsp3) is 0.533. The predicted octanol–water partition coefficient (Wildman–Crippen LogP) is 2.87. The van der Waals surface area contributed by atoms with Crippen LogP contribution in [0.15, 0.2) is 23.1 Å². The summed E-state index contributed by atoms with van der Waals surface area (Å²) in [6.45, 7) is 1.75. The first-order chi connectivity index (χ1) is 9.53. The van der Waals surface area contributed by atoms with Gasteiger partial charge in [-0.3, -0.25) is 0 Å². The van der Waals surface area contributed by atoms with Gasteiger partial charge in [-0.1, -0.05) is 25.7 Å². The lowest BCUT2D eigenvalue weighted by Crippen LogP contribution is -2.34. The summed E-state index contributed by atoms with van der Waals surface area (Å²) in [4.78, 5) is 0.248. The van der Waals surface area contributed by atoms with E-state index in [2.05, 4.69) is 4.72 Å². The summed E-state index contributed by atoms with van der Waals surface area (Å²) in [5.74, 6) is 0. The van der Waals surface area contributed by atoms with E-state index in [0.717, 1.165) is 25.7 Å². The van der Waals surface area contributed by atoms with E-state index < -0.39 is 10.0 Å². The molecule has 108 valence electrons. The average Bonchev–Trinajstić information content (AvgIpc) is 2.66. The van der Waals surface area contributed by atoms with Crippen LogP contribution in [0.25, 0.3) is 0 Å². The summed E-state index contributed by atoms with van der Waals surface area (Å²) in [5.41, 5.74) is 1.20. The number of rotatable bonds is 3. The van der Waals surface area contributed by atoms with Crippen LogP contribution in [0.1, 0.15) is 49.7 Å². The van der Waals surface area contributed by atoms with Gasteiger partial charge in [-0.25, -0.2) is 13.1 Å². The Bertz CT molecular complexity index is 609. The van der Waals surface area contributed by atoms with Gasteiger partial charge in [0.05, 0.1) is 16.5 Å².